The third kappa shape index (κ3) is 4.36. The number of halogens is 2. The molecule has 0 aliphatic rings. The van der Waals surface area contributed by atoms with Gasteiger partial charge in [-0.15, -0.1) is 0 Å². The lowest BCUT2D eigenvalue weighted by Gasteiger charge is -2.13. The van der Waals surface area contributed by atoms with Crippen LogP contribution in [0.4, 0.5) is 0 Å². The topological polar surface area (TPSA) is 50.6 Å². The molecule has 0 fully saturated rings. The SMILES string of the molecule is CN=C(NCc1ccc(OC)c(C)c1)NCc1cc(Cl)c(Cl)n1C. The number of aromatic nitrogens is 1. The van der Waals surface area contributed by atoms with Crippen LogP contribution in [0, 0.1) is 6.92 Å². The van der Waals surface area contributed by atoms with E-state index in [1.807, 2.05) is 36.7 Å². The third-order valence-corrected chi connectivity index (χ3v) is 4.64. The van der Waals surface area contributed by atoms with Gasteiger partial charge in [0.25, 0.3) is 0 Å². The van der Waals surface area contributed by atoms with Gasteiger partial charge in [0.1, 0.15) is 10.9 Å². The Balaban J connectivity index is 1.93. The maximum absolute atomic E-state index is 6.08. The van der Waals surface area contributed by atoms with E-state index in [1.165, 1.54) is 0 Å². The van der Waals surface area contributed by atoms with Crippen LogP contribution >= 0.6 is 23.2 Å². The fraction of sp³-hybridized carbons (Fsp3) is 0.353. The average Bonchev–Trinajstić information content (AvgIpc) is 2.82. The molecule has 1 aromatic carbocycles. The minimum atomic E-state index is 0.533. The first-order chi connectivity index (χ1) is 11.5. The summed E-state index contributed by atoms with van der Waals surface area (Å²) in [6.45, 7) is 3.27. The van der Waals surface area contributed by atoms with Gasteiger partial charge in [-0.3, -0.25) is 4.99 Å². The van der Waals surface area contributed by atoms with E-state index in [2.05, 4.69) is 21.7 Å². The highest BCUT2D eigenvalue weighted by Gasteiger charge is 2.09. The van der Waals surface area contributed by atoms with Crippen molar-refractivity contribution in [1.29, 1.82) is 0 Å². The fourth-order valence-electron chi connectivity index (χ4n) is 2.39. The van der Waals surface area contributed by atoms with Crippen molar-refractivity contribution < 1.29 is 4.74 Å². The molecule has 0 spiro atoms. The van der Waals surface area contributed by atoms with Crippen LogP contribution < -0.4 is 15.4 Å². The zero-order valence-corrected chi connectivity index (χ0v) is 15.8. The Morgan fingerprint density at radius 2 is 1.92 bits per heavy atom. The average molecular weight is 369 g/mol. The van der Waals surface area contributed by atoms with Crippen LogP contribution in [-0.2, 0) is 20.1 Å². The van der Waals surface area contributed by atoms with E-state index in [9.17, 15) is 0 Å². The Morgan fingerprint density at radius 1 is 1.21 bits per heavy atom. The number of nitrogens with zero attached hydrogens (tertiary/aromatic N) is 2. The molecule has 0 atom stereocenters. The highest BCUT2D eigenvalue weighted by molar-refractivity contribution is 6.41. The van der Waals surface area contributed by atoms with Crippen molar-refractivity contribution in [2.75, 3.05) is 14.2 Å². The zero-order chi connectivity index (χ0) is 17.7. The number of hydrogen-bond acceptors (Lipinski definition) is 2. The Labute approximate surface area is 152 Å². The molecule has 2 aromatic rings. The Bertz CT molecular complexity index is 740. The molecule has 1 aromatic heterocycles. The van der Waals surface area contributed by atoms with Crippen molar-refractivity contribution in [2.24, 2.45) is 12.0 Å². The van der Waals surface area contributed by atoms with Crippen LogP contribution in [-0.4, -0.2) is 24.7 Å². The second-order valence-electron chi connectivity index (χ2n) is 5.42. The van der Waals surface area contributed by atoms with E-state index in [-0.39, 0.29) is 0 Å². The zero-order valence-electron chi connectivity index (χ0n) is 14.3. The molecule has 1 heterocycles. The van der Waals surface area contributed by atoms with Crippen LogP contribution in [0.25, 0.3) is 0 Å². The predicted octanol–water partition coefficient (Wildman–Crippen LogP) is 3.51. The summed E-state index contributed by atoms with van der Waals surface area (Å²) in [5.41, 5.74) is 3.24. The van der Waals surface area contributed by atoms with Crippen molar-refractivity contribution >= 4 is 29.2 Å². The molecule has 2 rings (SSSR count). The number of hydrogen-bond donors (Lipinski definition) is 2. The van der Waals surface area contributed by atoms with Gasteiger partial charge in [-0.05, 0) is 30.2 Å². The number of aliphatic imine (C=N–C) groups is 1. The van der Waals surface area contributed by atoms with Crippen LogP contribution in [0.1, 0.15) is 16.8 Å². The van der Waals surface area contributed by atoms with E-state index in [0.717, 1.165) is 22.6 Å². The minimum Gasteiger partial charge on any atom is -0.496 e. The lowest BCUT2D eigenvalue weighted by molar-refractivity contribution is 0.411. The van der Waals surface area contributed by atoms with E-state index in [0.29, 0.717) is 29.2 Å². The Morgan fingerprint density at radius 3 is 2.46 bits per heavy atom. The largest absolute Gasteiger partial charge is 0.496 e. The molecule has 0 unspecified atom stereocenters. The van der Waals surface area contributed by atoms with Gasteiger partial charge in [0.05, 0.1) is 18.7 Å². The summed E-state index contributed by atoms with van der Waals surface area (Å²) in [4.78, 5) is 4.23. The number of rotatable bonds is 5. The first-order valence-corrected chi connectivity index (χ1v) is 8.29. The monoisotopic (exact) mass is 368 g/mol. The molecule has 0 aliphatic heterocycles. The number of ether oxygens (including phenoxy) is 1. The molecule has 2 N–H and O–H groups in total. The maximum atomic E-state index is 6.08. The fourth-order valence-corrected chi connectivity index (χ4v) is 2.81. The van der Waals surface area contributed by atoms with E-state index >= 15 is 0 Å². The summed E-state index contributed by atoms with van der Waals surface area (Å²) >= 11 is 12.1. The quantitative estimate of drug-likeness (QED) is 0.626. The van der Waals surface area contributed by atoms with Gasteiger partial charge in [0, 0.05) is 26.3 Å². The summed E-state index contributed by atoms with van der Waals surface area (Å²) in [7, 11) is 5.29. The Kier molecular flexibility index (Phi) is 6.40. The lowest BCUT2D eigenvalue weighted by Crippen LogP contribution is -2.36. The first-order valence-electron chi connectivity index (χ1n) is 7.54. The minimum absolute atomic E-state index is 0.533. The standard InChI is InChI=1S/C17H22Cl2N4O/c1-11-7-12(5-6-15(11)24-4)9-21-17(20-2)22-10-13-8-14(18)16(19)23(13)3/h5-8H,9-10H2,1-4H3,(H2,20,21,22). The summed E-state index contributed by atoms with van der Waals surface area (Å²) in [6.07, 6.45) is 0. The van der Waals surface area contributed by atoms with Gasteiger partial charge in [-0.2, -0.15) is 0 Å². The number of benzene rings is 1. The second-order valence-corrected chi connectivity index (χ2v) is 6.18. The molecular formula is C17H22Cl2N4O. The van der Waals surface area contributed by atoms with Crippen LogP contribution in [0.3, 0.4) is 0 Å². The summed E-state index contributed by atoms with van der Waals surface area (Å²) < 4.78 is 7.12. The molecule has 24 heavy (non-hydrogen) atoms. The maximum Gasteiger partial charge on any atom is 0.191 e. The Hall–Kier alpha value is -1.85. The molecule has 0 amide bonds. The molecule has 5 nitrogen and oxygen atoms in total. The van der Waals surface area contributed by atoms with Gasteiger partial charge in [0.2, 0.25) is 0 Å². The van der Waals surface area contributed by atoms with E-state index in [1.54, 1.807) is 14.2 Å². The van der Waals surface area contributed by atoms with Crippen molar-refractivity contribution in [3.63, 3.8) is 0 Å². The lowest BCUT2D eigenvalue weighted by atomic mass is 10.1. The molecule has 130 valence electrons. The molecule has 7 heteroatoms. The summed E-state index contributed by atoms with van der Waals surface area (Å²) in [5, 5.41) is 7.62. The van der Waals surface area contributed by atoms with Crippen molar-refractivity contribution in [1.82, 2.24) is 15.2 Å². The normalized spacial score (nSPS) is 11.5. The van der Waals surface area contributed by atoms with Crippen LogP contribution in [0.2, 0.25) is 10.2 Å². The summed E-state index contributed by atoms with van der Waals surface area (Å²) in [6, 6.07) is 7.94. The second kappa shape index (κ2) is 8.31. The highest BCUT2D eigenvalue weighted by Crippen LogP contribution is 2.24. The van der Waals surface area contributed by atoms with Crippen LogP contribution in [0.5, 0.6) is 5.75 Å². The number of guanidine groups is 1. The smallest absolute Gasteiger partial charge is 0.191 e. The first kappa shape index (κ1) is 18.5. The number of methoxy groups -OCH3 is 1. The molecule has 0 aliphatic carbocycles. The van der Waals surface area contributed by atoms with Crippen LogP contribution in [0.15, 0.2) is 29.3 Å². The molecule has 0 bridgehead atoms. The van der Waals surface area contributed by atoms with Gasteiger partial charge in [-0.25, -0.2) is 0 Å². The highest BCUT2D eigenvalue weighted by atomic mass is 35.5. The van der Waals surface area contributed by atoms with Gasteiger partial charge < -0.3 is 19.9 Å². The molecular weight excluding hydrogens is 347 g/mol. The van der Waals surface area contributed by atoms with Crippen molar-refractivity contribution in [3.05, 3.63) is 51.3 Å². The molecule has 0 saturated carbocycles. The van der Waals surface area contributed by atoms with Gasteiger partial charge >= 0.3 is 0 Å². The van der Waals surface area contributed by atoms with Crippen molar-refractivity contribution in [2.45, 2.75) is 20.0 Å². The van der Waals surface area contributed by atoms with Gasteiger partial charge in [-0.1, -0.05) is 35.3 Å². The van der Waals surface area contributed by atoms with Crippen molar-refractivity contribution in [3.8, 4) is 5.75 Å². The van der Waals surface area contributed by atoms with E-state index in [4.69, 9.17) is 27.9 Å². The number of aryl methyl sites for hydroxylation is 1. The third-order valence-electron chi connectivity index (χ3n) is 3.80. The van der Waals surface area contributed by atoms with Gasteiger partial charge in [0.15, 0.2) is 5.96 Å². The summed E-state index contributed by atoms with van der Waals surface area (Å²) in [5.74, 6) is 1.59. The van der Waals surface area contributed by atoms with E-state index < -0.39 is 0 Å². The predicted molar refractivity (Wildman–Crippen MR) is 100 cm³/mol. The number of nitrogens with one attached hydrogen (secondary N) is 2. The molecule has 0 saturated heterocycles. The molecule has 0 radical (unpaired) electrons.